The molecule has 4 nitrogen and oxygen atoms in total. The Hall–Kier alpha value is -0.320. The first-order valence-electron chi connectivity index (χ1n) is 4.23. The van der Waals surface area contributed by atoms with Crippen LogP contribution in [0.5, 0.6) is 0 Å². The van der Waals surface area contributed by atoms with Crippen molar-refractivity contribution in [1.29, 1.82) is 0 Å². The van der Waals surface area contributed by atoms with E-state index in [1.54, 1.807) is 0 Å². The van der Waals surface area contributed by atoms with E-state index in [9.17, 15) is 4.79 Å². The number of methoxy groups -OCH3 is 1. The lowest BCUT2D eigenvalue weighted by Gasteiger charge is -2.21. The van der Waals surface area contributed by atoms with Gasteiger partial charge in [0.2, 0.25) is 0 Å². The Bertz CT molecular complexity index is 210. The van der Waals surface area contributed by atoms with Crippen LogP contribution in [0.15, 0.2) is 0 Å². The molecule has 2 fully saturated rings. The maximum atomic E-state index is 11.2. The summed E-state index contributed by atoms with van der Waals surface area (Å²) in [4.78, 5) is 11.2. The first-order chi connectivity index (χ1) is 5.74. The molecule has 0 aromatic carbocycles. The van der Waals surface area contributed by atoms with Crippen molar-refractivity contribution in [2.24, 2.45) is 11.7 Å². The van der Waals surface area contributed by atoms with Crippen LogP contribution in [0.1, 0.15) is 12.8 Å². The second-order valence-electron chi connectivity index (χ2n) is 3.42. The molecular formula is C8H14ClNO3. The number of fused-ring (bicyclic) bond motifs is 2. The van der Waals surface area contributed by atoms with Crippen molar-refractivity contribution in [3.8, 4) is 0 Å². The average molecular weight is 208 g/mol. The van der Waals surface area contributed by atoms with Crippen molar-refractivity contribution in [3.63, 3.8) is 0 Å². The molecule has 2 bridgehead atoms. The molecule has 2 saturated heterocycles. The highest BCUT2D eigenvalue weighted by Crippen LogP contribution is 2.38. The highest BCUT2D eigenvalue weighted by Gasteiger charge is 2.51. The lowest BCUT2D eigenvalue weighted by atomic mass is 9.85. The lowest BCUT2D eigenvalue weighted by molar-refractivity contribution is -0.147. The zero-order valence-electron chi connectivity index (χ0n) is 7.43. The topological polar surface area (TPSA) is 61.5 Å². The number of rotatable bonds is 1. The number of carbonyl (C=O) groups excluding carboxylic acids is 1. The molecule has 2 aliphatic rings. The summed E-state index contributed by atoms with van der Waals surface area (Å²) in [6.45, 7) is 0. The van der Waals surface area contributed by atoms with Crippen LogP contribution in [-0.2, 0) is 14.3 Å². The molecule has 2 aliphatic heterocycles. The summed E-state index contributed by atoms with van der Waals surface area (Å²) in [5, 5.41) is 0. The molecule has 0 saturated carbocycles. The maximum Gasteiger partial charge on any atom is 0.312 e. The number of hydrogen-bond donors (Lipinski definition) is 1. The van der Waals surface area contributed by atoms with E-state index < -0.39 is 0 Å². The summed E-state index contributed by atoms with van der Waals surface area (Å²) >= 11 is 0. The zero-order valence-corrected chi connectivity index (χ0v) is 8.25. The molecule has 2 N–H and O–H groups in total. The van der Waals surface area contributed by atoms with Crippen molar-refractivity contribution < 1.29 is 14.3 Å². The first kappa shape index (κ1) is 10.8. The molecule has 0 aliphatic carbocycles. The minimum absolute atomic E-state index is 0. The summed E-state index contributed by atoms with van der Waals surface area (Å²) in [5.41, 5.74) is 5.81. The molecule has 0 radical (unpaired) electrons. The number of ether oxygens (including phenoxy) is 2. The highest BCUT2D eigenvalue weighted by molar-refractivity contribution is 5.85. The summed E-state index contributed by atoms with van der Waals surface area (Å²) in [7, 11) is 1.39. The van der Waals surface area contributed by atoms with Gasteiger partial charge in [0, 0.05) is 6.04 Å². The van der Waals surface area contributed by atoms with E-state index in [0.29, 0.717) is 0 Å². The van der Waals surface area contributed by atoms with Crippen molar-refractivity contribution in [1.82, 2.24) is 0 Å². The van der Waals surface area contributed by atoms with Gasteiger partial charge in [-0.3, -0.25) is 4.79 Å². The molecule has 0 spiro atoms. The van der Waals surface area contributed by atoms with Gasteiger partial charge in [-0.25, -0.2) is 0 Å². The fraction of sp³-hybridized carbons (Fsp3) is 0.875. The Morgan fingerprint density at radius 1 is 1.46 bits per heavy atom. The van der Waals surface area contributed by atoms with Crippen LogP contribution in [0.25, 0.3) is 0 Å². The van der Waals surface area contributed by atoms with Gasteiger partial charge < -0.3 is 15.2 Å². The number of esters is 1. The first-order valence-corrected chi connectivity index (χ1v) is 4.23. The van der Waals surface area contributed by atoms with E-state index in [2.05, 4.69) is 4.74 Å². The van der Waals surface area contributed by atoms with Crippen LogP contribution in [0.2, 0.25) is 0 Å². The van der Waals surface area contributed by atoms with Crippen LogP contribution in [0.4, 0.5) is 0 Å². The molecule has 2 rings (SSSR count). The molecular weight excluding hydrogens is 194 g/mol. The van der Waals surface area contributed by atoms with Crippen molar-refractivity contribution in [2.45, 2.75) is 31.1 Å². The summed E-state index contributed by atoms with van der Waals surface area (Å²) in [6.07, 6.45) is 2.02. The van der Waals surface area contributed by atoms with E-state index in [0.717, 1.165) is 12.8 Å². The normalized spacial score (nSPS) is 41.4. The van der Waals surface area contributed by atoms with E-state index in [-0.39, 0.29) is 42.5 Å². The molecule has 5 heteroatoms. The predicted molar refractivity (Wildman–Crippen MR) is 48.6 cm³/mol. The quantitative estimate of drug-likeness (QED) is 0.619. The summed E-state index contributed by atoms with van der Waals surface area (Å²) < 4.78 is 10.2. The Morgan fingerprint density at radius 2 is 2.08 bits per heavy atom. The van der Waals surface area contributed by atoms with E-state index in [1.807, 2.05) is 0 Å². The molecule has 2 heterocycles. The van der Waals surface area contributed by atoms with Crippen molar-refractivity contribution >= 4 is 18.4 Å². The Kier molecular flexibility index (Phi) is 3.16. The van der Waals surface area contributed by atoms with Gasteiger partial charge >= 0.3 is 5.97 Å². The minimum atomic E-state index is -0.228. The number of carbonyl (C=O) groups is 1. The minimum Gasteiger partial charge on any atom is -0.469 e. The molecule has 76 valence electrons. The molecule has 13 heavy (non-hydrogen) atoms. The van der Waals surface area contributed by atoms with E-state index in [1.165, 1.54) is 7.11 Å². The Labute approximate surface area is 83.2 Å². The Morgan fingerprint density at radius 3 is 2.54 bits per heavy atom. The van der Waals surface area contributed by atoms with Gasteiger partial charge in [-0.1, -0.05) is 0 Å². The number of hydrogen-bond acceptors (Lipinski definition) is 4. The fourth-order valence-corrected chi connectivity index (χ4v) is 2.16. The van der Waals surface area contributed by atoms with Crippen LogP contribution in [-0.4, -0.2) is 31.3 Å². The van der Waals surface area contributed by atoms with E-state index >= 15 is 0 Å². The van der Waals surface area contributed by atoms with Gasteiger partial charge in [0.15, 0.2) is 0 Å². The van der Waals surface area contributed by atoms with Gasteiger partial charge in [0.05, 0.1) is 19.3 Å². The standard InChI is InChI=1S/C8H13NO3.ClH/c1-11-8(10)6-4-2-3-5(12-4)7(6)9;/h4-7H,2-3,9H2,1H3;1H/t4-,5+,6-,7+;/m0./s1. The molecule has 0 unspecified atom stereocenters. The predicted octanol–water partition coefficient (Wildman–Crippen LogP) is 0.0859. The van der Waals surface area contributed by atoms with Crippen molar-refractivity contribution in [2.75, 3.05) is 7.11 Å². The van der Waals surface area contributed by atoms with Crippen LogP contribution in [0, 0.1) is 5.92 Å². The average Bonchev–Trinajstić information content (AvgIpc) is 2.63. The van der Waals surface area contributed by atoms with Gasteiger partial charge in [0.1, 0.15) is 5.92 Å². The van der Waals surface area contributed by atoms with E-state index in [4.69, 9.17) is 10.5 Å². The smallest absolute Gasteiger partial charge is 0.312 e. The lowest BCUT2D eigenvalue weighted by Crippen LogP contribution is -2.44. The fourth-order valence-electron chi connectivity index (χ4n) is 2.16. The van der Waals surface area contributed by atoms with Crippen molar-refractivity contribution in [3.05, 3.63) is 0 Å². The monoisotopic (exact) mass is 207 g/mol. The third-order valence-corrected chi connectivity index (χ3v) is 2.80. The summed E-state index contributed by atoms with van der Waals surface area (Å²) in [5.74, 6) is -0.455. The largest absolute Gasteiger partial charge is 0.469 e. The second-order valence-corrected chi connectivity index (χ2v) is 3.42. The number of nitrogens with two attached hydrogens (primary N) is 1. The van der Waals surface area contributed by atoms with Gasteiger partial charge in [-0.15, -0.1) is 12.4 Å². The highest BCUT2D eigenvalue weighted by atomic mass is 35.5. The Balaban J connectivity index is 0.000000845. The van der Waals surface area contributed by atoms with Crippen LogP contribution < -0.4 is 5.73 Å². The van der Waals surface area contributed by atoms with Gasteiger partial charge in [-0.05, 0) is 12.8 Å². The van der Waals surface area contributed by atoms with Gasteiger partial charge in [0.25, 0.3) is 0 Å². The van der Waals surface area contributed by atoms with Crippen LogP contribution in [0.3, 0.4) is 0 Å². The summed E-state index contributed by atoms with van der Waals surface area (Å²) in [6, 6.07) is -0.156. The molecule has 0 aromatic rings. The SMILES string of the molecule is COC(=O)[C@@H]1[C@H](N)[C@H]2CC[C@@H]1O2.Cl. The third kappa shape index (κ3) is 1.54. The zero-order chi connectivity index (χ0) is 8.72. The van der Waals surface area contributed by atoms with Gasteiger partial charge in [-0.2, -0.15) is 0 Å². The van der Waals surface area contributed by atoms with Crippen LogP contribution >= 0.6 is 12.4 Å². The second kappa shape index (κ2) is 3.82. The molecule has 0 aromatic heterocycles. The maximum absolute atomic E-state index is 11.2. The molecule has 0 amide bonds. The molecule has 4 atom stereocenters. The number of halogens is 1. The third-order valence-electron chi connectivity index (χ3n) is 2.80.